The molecule has 3 N–H and O–H groups in total. The smallest absolute Gasteiger partial charge is 0.226 e. The average Bonchev–Trinajstić information content (AvgIpc) is 3.06. The van der Waals surface area contributed by atoms with E-state index in [1.165, 1.54) is 5.56 Å². The number of anilines is 1. The van der Waals surface area contributed by atoms with Crippen LogP contribution in [0.25, 0.3) is 0 Å². The molecule has 0 bridgehead atoms. The average molecular weight is 375 g/mol. The second-order valence-corrected chi connectivity index (χ2v) is 6.89. The zero-order valence-corrected chi connectivity index (χ0v) is 15.9. The number of carbonyl (C=O) groups is 1. The standard InChI is InChI=1S/C20H26N4O.ClH/c1-15(23-20(25)11-19-8-7-18(21)12-22-19)17-9-10-24(14-17)13-16-5-3-2-4-6-16;/h2-8,12,15,17H,9-11,13-14,21H2,1H3,(H,23,25);1H. The third-order valence-corrected chi connectivity index (χ3v) is 4.84. The van der Waals surface area contributed by atoms with Gasteiger partial charge in [0.15, 0.2) is 0 Å². The molecule has 2 heterocycles. The number of likely N-dealkylation sites (tertiary alicyclic amines) is 1. The zero-order valence-electron chi connectivity index (χ0n) is 15.1. The number of hydrogen-bond donors (Lipinski definition) is 2. The number of rotatable bonds is 6. The van der Waals surface area contributed by atoms with E-state index in [2.05, 4.69) is 46.4 Å². The van der Waals surface area contributed by atoms with Gasteiger partial charge < -0.3 is 11.1 Å². The summed E-state index contributed by atoms with van der Waals surface area (Å²) in [6.07, 6.45) is 3.00. The van der Waals surface area contributed by atoms with E-state index in [0.29, 0.717) is 18.0 Å². The first-order valence-electron chi connectivity index (χ1n) is 8.86. The van der Waals surface area contributed by atoms with Crippen LogP contribution in [0.4, 0.5) is 5.69 Å². The summed E-state index contributed by atoms with van der Waals surface area (Å²) in [5.74, 6) is 0.512. The van der Waals surface area contributed by atoms with E-state index in [1.807, 2.05) is 6.07 Å². The Kier molecular flexibility index (Phi) is 7.42. The Balaban J connectivity index is 0.00000243. The number of nitrogens with one attached hydrogen (secondary N) is 1. The van der Waals surface area contributed by atoms with Crippen molar-refractivity contribution in [2.45, 2.75) is 32.4 Å². The lowest BCUT2D eigenvalue weighted by Crippen LogP contribution is -2.40. The van der Waals surface area contributed by atoms with Gasteiger partial charge in [0.1, 0.15) is 0 Å². The van der Waals surface area contributed by atoms with Crippen molar-refractivity contribution in [3.63, 3.8) is 0 Å². The summed E-state index contributed by atoms with van der Waals surface area (Å²) < 4.78 is 0. The molecule has 1 saturated heterocycles. The maximum atomic E-state index is 12.2. The van der Waals surface area contributed by atoms with Crippen molar-refractivity contribution in [3.05, 3.63) is 59.9 Å². The molecular formula is C20H27ClN4O. The van der Waals surface area contributed by atoms with E-state index >= 15 is 0 Å². The van der Waals surface area contributed by atoms with Crippen LogP contribution >= 0.6 is 12.4 Å². The minimum Gasteiger partial charge on any atom is -0.397 e. The minimum absolute atomic E-state index is 0. The molecule has 1 aliphatic heterocycles. The van der Waals surface area contributed by atoms with Crippen molar-refractivity contribution in [3.8, 4) is 0 Å². The number of amides is 1. The molecule has 2 unspecified atom stereocenters. The van der Waals surface area contributed by atoms with Crippen LogP contribution in [0.15, 0.2) is 48.7 Å². The Morgan fingerprint density at radius 3 is 2.77 bits per heavy atom. The Bertz CT molecular complexity index is 693. The molecule has 2 atom stereocenters. The molecule has 1 aliphatic rings. The van der Waals surface area contributed by atoms with E-state index in [4.69, 9.17) is 5.73 Å². The van der Waals surface area contributed by atoms with Gasteiger partial charge in [-0.25, -0.2) is 0 Å². The van der Waals surface area contributed by atoms with Gasteiger partial charge in [-0.05, 0) is 43.5 Å². The normalized spacial score (nSPS) is 18.1. The second-order valence-electron chi connectivity index (χ2n) is 6.89. The zero-order chi connectivity index (χ0) is 17.6. The van der Waals surface area contributed by atoms with Crippen LogP contribution < -0.4 is 11.1 Å². The minimum atomic E-state index is 0. The van der Waals surface area contributed by atoms with Crippen molar-refractivity contribution in [2.75, 3.05) is 18.8 Å². The topological polar surface area (TPSA) is 71.2 Å². The molecule has 0 saturated carbocycles. The van der Waals surface area contributed by atoms with E-state index in [-0.39, 0.29) is 24.4 Å². The molecule has 1 aromatic heterocycles. The van der Waals surface area contributed by atoms with Crippen LogP contribution in [-0.2, 0) is 17.8 Å². The van der Waals surface area contributed by atoms with Crippen LogP contribution in [0.5, 0.6) is 0 Å². The molecule has 6 heteroatoms. The summed E-state index contributed by atoms with van der Waals surface area (Å²) in [6, 6.07) is 14.3. The monoisotopic (exact) mass is 374 g/mol. The Labute approximate surface area is 161 Å². The highest BCUT2D eigenvalue weighted by Gasteiger charge is 2.27. The van der Waals surface area contributed by atoms with Crippen molar-refractivity contribution >= 4 is 24.0 Å². The Morgan fingerprint density at radius 1 is 1.31 bits per heavy atom. The van der Waals surface area contributed by atoms with Gasteiger partial charge in [-0.2, -0.15) is 0 Å². The SMILES string of the molecule is CC(NC(=O)Cc1ccc(N)cn1)C1CCN(Cc2ccccc2)C1.Cl. The molecule has 26 heavy (non-hydrogen) atoms. The van der Waals surface area contributed by atoms with Gasteiger partial charge >= 0.3 is 0 Å². The molecule has 3 rings (SSSR count). The molecule has 1 amide bonds. The summed E-state index contributed by atoms with van der Waals surface area (Å²) in [5, 5.41) is 3.13. The van der Waals surface area contributed by atoms with Crippen LogP contribution in [0, 0.1) is 5.92 Å². The van der Waals surface area contributed by atoms with Gasteiger partial charge in [0.05, 0.1) is 18.3 Å². The first kappa shape index (κ1) is 20.2. The van der Waals surface area contributed by atoms with Gasteiger partial charge in [-0.15, -0.1) is 12.4 Å². The maximum absolute atomic E-state index is 12.2. The summed E-state index contributed by atoms with van der Waals surface area (Å²) in [6.45, 7) is 5.19. The molecule has 1 aromatic carbocycles. The fraction of sp³-hybridized carbons (Fsp3) is 0.400. The maximum Gasteiger partial charge on any atom is 0.226 e. The fourth-order valence-corrected chi connectivity index (χ4v) is 3.38. The number of pyridine rings is 1. The van der Waals surface area contributed by atoms with E-state index in [0.717, 1.165) is 31.7 Å². The highest BCUT2D eigenvalue weighted by atomic mass is 35.5. The van der Waals surface area contributed by atoms with Gasteiger partial charge in [-0.3, -0.25) is 14.7 Å². The molecule has 5 nitrogen and oxygen atoms in total. The molecule has 140 valence electrons. The van der Waals surface area contributed by atoms with Crippen LogP contribution in [0.3, 0.4) is 0 Å². The molecule has 0 spiro atoms. The summed E-state index contributed by atoms with van der Waals surface area (Å²) in [5.41, 5.74) is 8.32. The quantitative estimate of drug-likeness (QED) is 0.815. The fourth-order valence-electron chi connectivity index (χ4n) is 3.38. The highest BCUT2D eigenvalue weighted by Crippen LogP contribution is 2.21. The number of benzene rings is 1. The Hall–Kier alpha value is -2.11. The predicted octanol–water partition coefficient (Wildman–Crippen LogP) is 2.65. The number of nitrogen functional groups attached to an aromatic ring is 1. The third-order valence-electron chi connectivity index (χ3n) is 4.84. The van der Waals surface area contributed by atoms with Gasteiger partial charge in [0.2, 0.25) is 5.91 Å². The van der Waals surface area contributed by atoms with Gasteiger partial charge in [0.25, 0.3) is 0 Å². The molecule has 0 aliphatic carbocycles. The molecule has 0 radical (unpaired) electrons. The van der Waals surface area contributed by atoms with Crippen LogP contribution in [0.2, 0.25) is 0 Å². The van der Waals surface area contributed by atoms with E-state index in [1.54, 1.807) is 18.3 Å². The number of halogens is 1. The number of carbonyl (C=O) groups excluding carboxylic acids is 1. The molecule has 2 aromatic rings. The lowest BCUT2D eigenvalue weighted by atomic mass is 10.0. The van der Waals surface area contributed by atoms with Gasteiger partial charge in [-0.1, -0.05) is 30.3 Å². The van der Waals surface area contributed by atoms with E-state index in [9.17, 15) is 4.79 Å². The summed E-state index contributed by atoms with van der Waals surface area (Å²) in [7, 11) is 0. The second kappa shape index (κ2) is 9.55. The number of nitrogens with zero attached hydrogens (tertiary/aromatic N) is 2. The van der Waals surface area contributed by atoms with Crippen molar-refractivity contribution in [1.29, 1.82) is 0 Å². The lowest BCUT2D eigenvalue weighted by Gasteiger charge is -2.22. The van der Waals surface area contributed by atoms with E-state index < -0.39 is 0 Å². The summed E-state index contributed by atoms with van der Waals surface area (Å²) in [4.78, 5) is 18.9. The number of aromatic nitrogens is 1. The number of nitrogens with two attached hydrogens (primary N) is 1. The van der Waals surface area contributed by atoms with Crippen molar-refractivity contribution < 1.29 is 4.79 Å². The van der Waals surface area contributed by atoms with Crippen molar-refractivity contribution in [2.24, 2.45) is 5.92 Å². The third kappa shape index (κ3) is 5.71. The first-order valence-corrected chi connectivity index (χ1v) is 8.86. The largest absolute Gasteiger partial charge is 0.397 e. The van der Waals surface area contributed by atoms with Crippen LogP contribution in [-0.4, -0.2) is 34.9 Å². The molecule has 1 fully saturated rings. The van der Waals surface area contributed by atoms with Crippen LogP contribution in [0.1, 0.15) is 24.6 Å². The predicted molar refractivity (Wildman–Crippen MR) is 107 cm³/mol. The Morgan fingerprint density at radius 2 is 2.08 bits per heavy atom. The summed E-state index contributed by atoms with van der Waals surface area (Å²) >= 11 is 0. The molecular weight excluding hydrogens is 348 g/mol. The first-order chi connectivity index (χ1) is 12.1. The van der Waals surface area contributed by atoms with Crippen molar-refractivity contribution in [1.82, 2.24) is 15.2 Å². The highest BCUT2D eigenvalue weighted by molar-refractivity contribution is 5.85. The lowest BCUT2D eigenvalue weighted by molar-refractivity contribution is -0.121. The number of hydrogen-bond acceptors (Lipinski definition) is 4. The van der Waals surface area contributed by atoms with Gasteiger partial charge in [0, 0.05) is 24.8 Å².